The zero-order valence-corrected chi connectivity index (χ0v) is 26.5. The van der Waals surface area contributed by atoms with Crippen LogP contribution in [-0.4, -0.2) is 24.1 Å². The SMILES string of the molecule is [2H]c1c([2H])c([2H])c(-c2nc(-c3cccc4oc5ccccc5c34)nc(-n3c4ccccc4c4ccc5c6ccccc6n(-c6c([2H])c([2H])c([2H])c([2H])c6[2H])c5c43)n2)c([2H])c1[2H]. The van der Waals surface area contributed by atoms with Gasteiger partial charge in [-0.25, -0.2) is 4.98 Å². The van der Waals surface area contributed by atoms with Crippen molar-refractivity contribution in [2.24, 2.45) is 0 Å². The Morgan fingerprint density at radius 3 is 1.80 bits per heavy atom. The number of para-hydroxylation sites is 4. The predicted octanol–water partition coefficient (Wildman–Crippen LogP) is 11.3. The zero-order valence-electron chi connectivity index (χ0n) is 36.5. The van der Waals surface area contributed by atoms with Gasteiger partial charge in [-0.15, -0.1) is 0 Å². The summed E-state index contributed by atoms with van der Waals surface area (Å²) in [6.07, 6.45) is 0. The number of hydrogen-bond acceptors (Lipinski definition) is 4. The minimum Gasteiger partial charge on any atom is -0.456 e. The molecule has 0 atom stereocenters. The van der Waals surface area contributed by atoms with Gasteiger partial charge in [-0.2, -0.15) is 9.97 Å². The second-order valence-electron chi connectivity index (χ2n) is 12.1. The van der Waals surface area contributed by atoms with Crippen LogP contribution in [0, 0.1) is 0 Å². The first-order valence-corrected chi connectivity index (χ1v) is 16.2. The lowest BCUT2D eigenvalue weighted by molar-refractivity contribution is 0.669. The maximum Gasteiger partial charge on any atom is 0.238 e. The van der Waals surface area contributed by atoms with E-state index in [4.69, 9.17) is 33.1 Å². The average Bonchev–Trinajstić information content (AvgIpc) is 3.94. The molecular formula is C45H27N5O. The third kappa shape index (κ3) is 4.07. The highest BCUT2D eigenvalue weighted by Crippen LogP contribution is 2.42. The van der Waals surface area contributed by atoms with E-state index < -0.39 is 48.3 Å². The smallest absolute Gasteiger partial charge is 0.238 e. The quantitative estimate of drug-likeness (QED) is 0.188. The molecule has 0 fully saturated rings. The van der Waals surface area contributed by atoms with Crippen molar-refractivity contribution in [2.75, 3.05) is 0 Å². The van der Waals surface area contributed by atoms with Gasteiger partial charge in [-0.3, -0.25) is 4.57 Å². The predicted molar refractivity (Wildman–Crippen MR) is 207 cm³/mol. The fraction of sp³-hybridized carbons (Fsp3) is 0. The highest BCUT2D eigenvalue weighted by molar-refractivity contribution is 6.23. The van der Waals surface area contributed by atoms with Crippen LogP contribution in [0.2, 0.25) is 0 Å². The lowest BCUT2D eigenvalue weighted by Crippen LogP contribution is -2.07. The molecule has 6 nitrogen and oxygen atoms in total. The van der Waals surface area contributed by atoms with Gasteiger partial charge in [0.2, 0.25) is 5.95 Å². The summed E-state index contributed by atoms with van der Waals surface area (Å²) in [6, 6.07) is 27.0. The van der Waals surface area contributed by atoms with Crippen LogP contribution in [0.4, 0.5) is 0 Å². The van der Waals surface area contributed by atoms with Crippen molar-refractivity contribution < 1.29 is 18.1 Å². The Balaban J connectivity index is 1.35. The highest BCUT2D eigenvalue weighted by Gasteiger charge is 2.24. The van der Waals surface area contributed by atoms with Gasteiger partial charge < -0.3 is 8.98 Å². The molecule has 4 heterocycles. The molecule has 0 N–H and O–H groups in total. The molecule has 0 radical (unpaired) electrons. The summed E-state index contributed by atoms with van der Waals surface area (Å²) in [5.41, 5.74) is 3.73. The van der Waals surface area contributed by atoms with E-state index in [2.05, 4.69) is 0 Å². The van der Waals surface area contributed by atoms with Crippen LogP contribution in [0.5, 0.6) is 0 Å². The highest BCUT2D eigenvalue weighted by atomic mass is 16.3. The molecule has 11 rings (SSSR count). The number of rotatable bonds is 4. The normalized spacial score (nSPS) is 14.7. The summed E-state index contributed by atoms with van der Waals surface area (Å²) in [6.45, 7) is 0. The van der Waals surface area contributed by atoms with Gasteiger partial charge in [0.15, 0.2) is 11.6 Å². The molecule has 0 aliphatic rings. The zero-order chi connectivity index (χ0) is 42.2. The first-order chi connectivity index (χ1) is 29.5. The maximum atomic E-state index is 9.12. The van der Waals surface area contributed by atoms with E-state index in [0.717, 1.165) is 21.5 Å². The summed E-state index contributed by atoms with van der Waals surface area (Å²) in [5.74, 6) is -0.00696. The number of benzene rings is 7. The Hall–Kier alpha value is -7.05. The van der Waals surface area contributed by atoms with E-state index in [1.165, 1.54) is 0 Å². The molecule has 0 amide bonds. The average molecular weight is 664 g/mol. The van der Waals surface area contributed by atoms with Crippen molar-refractivity contribution in [3.8, 4) is 34.4 Å². The molecule has 0 aliphatic carbocycles. The lowest BCUT2D eigenvalue weighted by Gasteiger charge is -2.13. The van der Waals surface area contributed by atoms with Gasteiger partial charge in [0, 0.05) is 49.1 Å². The standard InChI is InChI=1S/C45H27N5O/c1-3-14-28(15-4-1)43-46-44(35-21-13-25-39-40(35)34-20-9-12-24-38(34)51-39)48-45(47-43)50-37-23-11-8-19-31(37)33-27-26-32-30-18-7-10-22-36(30)49(41(32)42(33)50)29-16-5-2-6-17-29/h1-27H/i1D,2D,3D,4D,5D,6D,14D,15D,16D,17D. The van der Waals surface area contributed by atoms with Crippen molar-refractivity contribution in [2.45, 2.75) is 0 Å². The molecule has 0 unspecified atom stereocenters. The van der Waals surface area contributed by atoms with E-state index in [1.54, 1.807) is 15.2 Å². The Labute approximate surface area is 305 Å². The van der Waals surface area contributed by atoms with E-state index in [9.17, 15) is 0 Å². The fourth-order valence-electron chi connectivity index (χ4n) is 7.32. The first kappa shape index (κ1) is 19.8. The first-order valence-electron chi connectivity index (χ1n) is 21.2. The summed E-state index contributed by atoms with van der Waals surface area (Å²) in [7, 11) is 0. The molecule has 238 valence electrons. The third-order valence-electron chi connectivity index (χ3n) is 9.37. The van der Waals surface area contributed by atoms with Crippen LogP contribution < -0.4 is 0 Å². The number of hydrogen-bond donors (Lipinski definition) is 0. The largest absolute Gasteiger partial charge is 0.456 e. The van der Waals surface area contributed by atoms with Crippen molar-refractivity contribution in [3.63, 3.8) is 0 Å². The number of fused-ring (bicyclic) bond motifs is 10. The third-order valence-corrected chi connectivity index (χ3v) is 9.37. The van der Waals surface area contributed by atoms with Gasteiger partial charge in [0.05, 0.1) is 35.8 Å². The van der Waals surface area contributed by atoms with Crippen LogP contribution in [-0.2, 0) is 0 Å². The van der Waals surface area contributed by atoms with Gasteiger partial charge in [-0.1, -0.05) is 127 Å². The van der Waals surface area contributed by atoms with Crippen molar-refractivity contribution in [3.05, 3.63) is 164 Å². The van der Waals surface area contributed by atoms with E-state index >= 15 is 0 Å². The molecule has 7 aromatic carbocycles. The van der Waals surface area contributed by atoms with Gasteiger partial charge >= 0.3 is 0 Å². The van der Waals surface area contributed by atoms with Crippen LogP contribution in [0.15, 0.2) is 168 Å². The van der Waals surface area contributed by atoms with Crippen molar-refractivity contribution >= 4 is 65.6 Å². The number of nitrogens with zero attached hydrogens (tertiary/aromatic N) is 5. The Morgan fingerprint density at radius 1 is 0.471 bits per heavy atom. The molecule has 0 saturated heterocycles. The molecule has 0 bridgehead atoms. The second kappa shape index (κ2) is 10.7. The molecule has 51 heavy (non-hydrogen) atoms. The van der Waals surface area contributed by atoms with Crippen molar-refractivity contribution in [1.82, 2.24) is 24.1 Å². The number of furan rings is 1. The number of aromatic nitrogens is 5. The minimum atomic E-state index is -0.562. The molecule has 4 aromatic heterocycles. The Bertz CT molecular complexity index is 3690. The summed E-state index contributed by atoms with van der Waals surface area (Å²) in [4.78, 5) is 15.0. The minimum absolute atomic E-state index is 0.0354. The molecule has 0 saturated carbocycles. The molecule has 11 aromatic rings. The van der Waals surface area contributed by atoms with E-state index in [-0.39, 0.29) is 40.9 Å². The monoisotopic (exact) mass is 663 g/mol. The van der Waals surface area contributed by atoms with Crippen LogP contribution in [0.3, 0.4) is 0 Å². The molecule has 6 heteroatoms. The van der Waals surface area contributed by atoms with Gasteiger partial charge in [-0.05, 0) is 36.4 Å². The molecule has 0 aliphatic heterocycles. The topological polar surface area (TPSA) is 61.7 Å². The summed E-state index contributed by atoms with van der Waals surface area (Å²) < 4.78 is 97.0. The second-order valence-corrected chi connectivity index (χ2v) is 12.1. The van der Waals surface area contributed by atoms with Crippen molar-refractivity contribution in [1.29, 1.82) is 0 Å². The molecule has 0 spiro atoms. The van der Waals surface area contributed by atoms with E-state index in [1.807, 2.05) is 97.1 Å². The molecular weight excluding hydrogens is 627 g/mol. The summed E-state index contributed by atoms with van der Waals surface area (Å²) >= 11 is 0. The van der Waals surface area contributed by atoms with E-state index in [0.29, 0.717) is 49.6 Å². The Morgan fingerprint density at radius 2 is 1.06 bits per heavy atom. The van der Waals surface area contributed by atoms with Gasteiger partial charge in [0.25, 0.3) is 0 Å². The van der Waals surface area contributed by atoms with Crippen LogP contribution in [0.1, 0.15) is 13.7 Å². The fourth-order valence-corrected chi connectivity index (χ4v) is 7.32. The van der Waals surface area contributed by atoms with Crippen LogP contribution in [0.25, 0.3) is 100.0 Å². The van der Waals surface area contributed by atoms with Gasteiger partial charge in [0.1, 0.15) is 11.2 Å². The summed E-state index contributed by atoms with van der Waals surface area (Å²) in [5, 5.41) is 4.49. The Kier molecular flexibility index (Phi) is 4.17. The van der Waals surface area contributed by atoms with Crippen LogP contribution >= 0.6 is 0 Å². The maximum absolute atomic E-state index is 9.12. The lowest BCUT2D eigenvalue weighted by atomic mass is 10.1.